The van der Waals surface area contributed by atoms with Crippen LogP contribution in [0.4, 0.5) is 0 Å². The first-order valence-electron chi connectivity index (χ1n) is 8.48. The molecule has 0 aromatic heterocycles. The molecule has 2 rings (SSSR count). The highest BCUT2D eigenvalue weighted by Crippen LogP contribution is 2.15. The van der Waals surface area contributed by atoms with E-state index in [4.69, 9.17) is 9.47 Å². The smallest absolute Gasteiger partial charge is 0.249 e. The van der Waals surface area contributed by atoms with Gasteiger partial charge in [0.05, 0.1) is 12.7 Å². The summed E-state index contributed by atoms with van der Waals surface area (Å²) in [6.07, 6.45) is -0.265. The van der Waals surface area contributed by atoms with E-state index in [9.17, 15) is 9.59 Å². The summed E-state index contributed by atoms with van der Waals surface area (Å²) < 4.78 is 11.1. The van der Waals surface area contributed by atoms with Gasteiger partial charge in [-0.1, -0.05) is 43.7 Å². The van der Waals surface area contributed by atoms with E-state index >= 15 is 0 Å². The molecular weight excluding hydrogens is 306 g/mol. The van der Waals surface area contributed by atoms with Crippen LogP contribution in [0.5, 0.6) is 0 Å². The van der Waals surface area contributed by atoms with Crippen LogP contribution < -0.4 is 5.32 Å². The normalized spacial score (nSPS) is 22.0. The number of hydrogen-bond acceptors (Lipinski definition) is 4. The first-order chi connectivity index (χ1) is 11.4. The van der Waals surface area contributed by atoms with Gasteiger partial charge < -0.3 is 14.8 Å². The molecule has 0 radical (unpaired) electrons. The molecule has 132 valence electrons. The van der Waals surface area contributed by atoms with Crippen LogP contribution in [0.15, 0.2) is 24.3 Å². The molecule has 0 saturated carbocycles. The number of carbonyl (C=O) groups excluding carboxylic acids is 2. The molecular formula is C19H27NO4. The average molecular weight is 333 g/mol. The zero-order valence-corrected chi connectivity index (χ0v) is 14.9. The minimum Gasteiger partial charge on any atom is -0.368 e. The van der Waals surface area contributed by atoms with E-state index in [1.54, 1.807) is 6.92 Å². The Morgan fingerprint density at radius 1 is 1.33 bits per heavy atom. The van der Waals surface area contributed by atoms with E-state index in [0.29, 0.717) is 18.9 Å². The molecule has 0 bridgehead atoms. The molecule has 1 heterocycles. The lowest BCUT2D eigenvalue weighted by atomic mass is 10.0. The van der Waals surface area contributed by atoms with Crippen LogP contribution in [0.2, 0.25) is 0 Å². The molecule has 5 nitrogen and oxygen atoms in total. The first kappa shape index (κ1) is 18.6. The van der Waals surface area contributed by atoms with Gasteiger partial charge in [-0.25, -0.2) is 0 Å². The highest BCUT2D eigenvalue weighted by atomic mass is 16.5. The van der Waals surface area contributed by atoms with Crippen molar-refractivity contribution in [2.24, 2.45) is 5.92 Å². The summed E-state index contributed by atoms with van der Waals surface area (Å²) in [5.74, 6) is -0.0177. The molecule has 1 amide bonds. The van der Waals surface area contributed by atoms with Crippen LogP contribution >= 0.6 is 0 Å². The second-order valence-electron chi connectivity index (χ2n) is 6.88. The number of Topliss-reactive ketones (excluding diaryl/α,β-unsaturated/α-hetero) is 1. The van der Waals surface area contributed by atoms with E-state index in [0.717, 1.165) is 5.56 Å². The highest BCUT2D eigenvalue weighted by Gasteiger charge is 2.35. The van der Waals surface area contributed by atoms with E-state index < -0.39 is 12.1 Å². The Kier molecular flexibility index (Phi) is 6.52. The molecule has 1 aromatic carbocycles. The Morgan fingerprint density at radius 2 is 2.00 bits per heavy atom. The molecule has 1 aliphatic heterocycles. The molecule has 0 unspecified atom stereocenters. The lowest BCUT2D eigenvalue weighted by Crippen LogP contribution is -2.48. The summed E-state index contributed by atoms with van der Waals surface area (Å²) in [6, 6.07) is 7.46. The predicted octanol–water partition coefficient (Wildman–Crippen LogP) is 2.40. The maximum Gasteiger partial charge on any atom is 0.249 e. The van der Waals surface area contributed by atoms with E-state index in [-0.39, 0.29) is 24.4 Å². The van der Waals surface area contributed by atoms with Crippen LogP contribution in [0.25, 0.3) is 0 Å². The van der Waals surface area contributed by atoms with Gasteiger partial charge in [0.2, 0.25) is 5.91 Å². The van der Waals surface area contributed by atoms with Gasteiger partial charge in [0, 0.05) is 0 Å². The van der Waals surface area contributed by atoms with Crippen molar-refractivity contribution in [2.75, 3.05) is 6.61 Å². The largest absolute Gasteiger partial charge is 0.368 e. The topological polar surface area (TPSA) is 64.6 Å². The summed E-state index contributed by atoms with van der Waals surface area (Å²) in [6.45, 7) is 8.34. The van der Waals surface area contributed by atoms with Crippen molar-refractivity contribution in [1.82, 2.24) is 5.32 Å². The van der Waals surface area contributed by atoms with Gasteiger partial charge in [0.25, 0.3) is 0 Å². The number of amides is 1. The first-order valence-corrected chi connectivity index (χ1v) is 8.48. The molecule has 1 N–H and O–H groups in total. The maximum atomic E-state index is 12.6. The second kappa shape index (κ2) is 8.40. The van der Waals surface area contributed by atoms with Crippen molar-refractivity contribution in [3.05, 3.63) is 35.4 Å². The Morgan fingerprint density at radius 3 is 2.54 bits per heavy atom. The zero-order valence-electron chi connectivity index (χ0n) is 14.9. The Bertz CT molecular complexity index is 567. The van der Waals surface area contributed by atoms with Crippen LogP contribution in [0.1, 0.15) is 38.3 Å². The van der Waals surface area contributed by atoms with Gasteiger partial charge in [-0.2, -0.15) is 0 Å². The van der Waals surface area contributed by atoms with Crippen molar-refractivity contribution in [3.8, 4) is 0 Å². The fourth-order valence-electron chi connectivity index (χ4n) is 2.67. The van der Waals surface area contributed by atoms with Crippen molar-refractivity contribution in [1.29, 1.82) is 0 Å². The number of ether oxygens (including phenoxy) is 2. The Balaban J connectivity index is 1.97. The maximum absolute atomic E-state index is 12.6. The monoisotopic (exact) mass is 333 g/mol. The molecule has 24 heavy (non-hydrogen) atoms. The average Bonchev–Trinajstić information content (AvgIpc) is 2.84. The zero-order chi connectivity index (χ0) is 17.7. The lowest BCUT2D eigenvalue weighted by Gasteiger charge is -2.22. The number of aryl methyl sites for hydroxylation is 1. The van der Waals surface area contributed by atoms with Crippen LogP contribution in [-0.2, 0) is 25.7 Å². The summed E-state index contributed by atoms with van der Waals surface area (Å²) in [4.78, 5) is 24.4. The van der Waals surface area contributed by atoms with Crippen molar-refractivity contribution in [2.45, 2.75) is 59.0 Å². The van der Waals surface area contributed by atoms with Crippen LogP contribution in [0, 0.1) is 12.8 Å². The van der Waals surface area contributed by atoms with Crippen LogP contribution in [0.3, 0.4) is 0 Å². The third kappa shape index (κ3) is 5.14. The van der Waals surface area contributed by atoms with Gasteiger partial charge in [-0.05, 0) is 31.7 Å². The molecule has 1 fully saturated rings. The van der Waals surface area contributed by atoms with Crippen molar-refractivity contribution in [3.63, 3.8) is 0 Å². The second-order valence-corrected chi connectivity index (χ2v) is 6.88. The number of benzene rings is 1. The SMILES string of the molecule is Cc1ccc(CO[C@@H](CC(C)C)C(=O)N[C@@H]2C(=O)CO[C@@H]2C)cc1. The van der Waals surface area contributed by atoms with E-state index in [2.05, 4.69) is 5.32 Å². The number of rotatable bonds is 7. The van der Waals surface area contributed by atoms with Crippen LogP contribution in [-0.4, -0.2) is 36.5 Å². The third-order valence-electron chi connectivity index (χ3n) is 4.15. The summed E-state index contributed by atoms with van der Waals surface area (Å²) in [7, 11) is 0. The summed E-state index contributed by atoms with van der Waals surface area (Å²) in [5.41, 5.74) is 2.21. The fourth-order valence-corrected chi connectivity index (χ4v) is 2.67. The molecule has 0 aliphatic carbocycles. The third-order valence-corrected chi connectivity index (χ3v) is 4.15. The lowest BCUT2D eigenvalue weighted by molar-refractivity contribution is -0.137. The van der Waals surface area contributed by atoms with Gasteiger partial charge in [-0.3, -0.25) is 9.59 Å². The fraction of sp³-hybridized carbons (Fsp3) is 0.579. The molecule has 0 spiro atoms. The molecule has 5 heteroatoms. The number of hydrogen-bond donors (Lipinski definition) is 1. The highest BCUT2D eigenvalue weighted by molar-refractivity contribution is 5.92. The molecule has 1 aromatic rings. The Labute approximate surface area is 143 Å². The van der Waals surface area contributed by atoms with Gasteiger partial charge in [0.1, 0.15) is 18.8 Å². The number of nitrogens with one attached hydrogen (secondary N) is 1. The Hall–Kier alpha value is -1.72. The summed E-state index contributed by atoms with van der Waals surface area (Å²) >= 11 is 0. The minimum atomic E-state index is -0.577. The van der Waals surface area contributed by atoms with E-state index in [1.165, 1.54) is 5.56 Å². The quantitative estimate of drug-likeness (QED) is 0.832. The standard InChI is InChI=1S/C19H27NO4/c1-12(2)9-17(24-10-15-7-5-13(3)6-8-15)19(22)20-18-14(4)23-11-16(18)21/h5-8,12,14,17-18H,9-11H2,1-4H3,(H,20,22)/t14-,17+,18+/m1/s1. The molecule has 1 aliphatic rings. The minimum absolute atomic E-state index is 0.0607. The van der Waals surface area contributed by atoms with Crippen molar-refractivity contribution >= 4 is 11.7 Å². The van der Waals surface area contributed by atoms with Gasteiger partial charge >= 0.3 is 0 Å². The van der Waals surface area contributed by atoms with Gasteiger partial charge in [-0.15, -0.1) is 0 Å². The molecule has 1 saturated heterocycles. The summed E-state index contributed by atoms with van der Waals surface area (Å²) in [5, 5.41) is 2.79. The molecule has 3 atom stereocenters. The number of carbonyl (C=O) groups is 2. The van der Waals surface area contributed by atoms with Gasteiger partial charge in [0.15, 0.2) is 5.78 Å². The number of ketones is 1. The predicted molar refractivity (Wildman–Crippen MR) is 91.6 cm³/mol. The van der Waals surface area contributed by atoms with Crippen molar-refractivity contribution < 1.29 is 19.1 Å². The van der Waals surface area contributed by atoms with E-state index in [1.807, 2.05) is 45.0 Å².